The van der Waals surface area contributed by atoms with E-state index < -0.39 is 23.8 Å². The van der Waals surface area contributed by atoms with E-state index in [-0.39, 0.29) is 11.8 Å². The van der Waals surface area contributed by atoms with Gasteiger partial charge < -0.3 is 20.3 Å². The number of hydrogen-bond acceptors (Lipinski definition) is 5. The van der Waals surface area contributed by atoms with E-state index in [1.165, 1.54) is 0 Å². The Hall–Kier alpha value is -3.00. The van der Waals surface area contributed by atoms with E-state index in [0.717, 1.165) is 41.5 Å². The standard InChI is InChI=1S/C32H47N3O4S/c1-9-10-13-20-35(30(37)26(19-21-40-8)34-31(38)39-32(5,6)7)28(27-23(3)16-14-17-24(27)4)29(36)33-25-18-12-11-15-22(25)2/h11-12,14-18,26,28H,9-10,13,19-21H2,1-8H3,(H,33,36)(H,34,38). The smallest absolute Gasteiger partial charge is 0.408 e. The zero-order valence-corrected chi connectivity index (χ0v) is 26.2. The van der Waals surface area contributed by atoms with Crippen LogP contribution >= 0.6 is 11.8 Å². The average Bonchev–Trinajstić information content (AvgIpc) is 2.87. The van der Waals surface area contributed by atoms with E-state index in [1.54, 1.807) is 37.4 Å². The first kappa shape index (κ1) is 33.2. The number of carbonyl (C=O) groups is 3. The molecule has 0 fully saturated rings. The molecule has 0 radical (unpaired) electrons. The lowest BCUT2D eigenvalue weighted by Gasteiger charge is -2.36. The molecule has 2 aromatic carbocycles. The van der Waals surface area contributed by atoms with Crippen LogP contribution in [0.25, 0.3) is 0 Å². The van der Waals surface area contributed by atoms with Crippen molar-refractivity contribution in [3.63, 3.8) is 0 Å². The minimum Gasteiger partial charge on any atom is -0.444 e. The van der Waals surface area contributed by atoms with Gasteiger partial charge in [-0.05, 0) is 94.7 Å². The predicted molar refractivity (Wildman–Crippen MR) is 166 cm³/mol. The van der Waals surface area contributed by atoms with Gasteiger partial charge in [0.1, 0.15) is 17.7 Å². The van der Waals surface area contributed by atoms with Gasteiger partial charge in [-0.1, -0.05) is 56.2 Å². The van der Waals surface area contributed by atoms with Crippen LogP contribution in [0.2, 0.25) is 0 Å². The molecule has 40 heavy (non-hydrogen) atoms. The van der Waals surface area contributed by atoms with Crippen molar-refractivity contribution in [3.05, 3.63) is 64.7 Å². The lowest BCUT2D eigenvalue weighted by molar-refractivity contribution is -0.141. The number of thioether (sulfide) groups is 1. The normalized spacial score (nSPS) is 12.8. The number of benzene rings is 2. The second kappa shape index (κ2) is 15.7. The van der Waals surface area contributed by atoms with E-state index in [0.29, 0.717) is 24.4 Å². The van der Waals surface area contributed by atoms with Crippen molar-refractivity contribution >= 4 is 35.4 Å². The Balaban J connectivity index is 2.60. The largest absolute Gasteiger partial charge is 0.444 e. The van der Waals surface area contributed by atoms with E-state index in [4.69, 9.17) is 4.74 Å². The van der Waals surface area contributed by atoms with E-state index >= 15 is 0 Å². The van der Waals surface area contributed by atoms with Crippen molar-refractivity contribution in [2.45, 2.75) is 91.8 Å². The lowest BCUT2D eigenvalue weighted by Crippen LogP contribution is -2.53. The summed E-state index contributed by atoms with van der Waals surface area (Å²) in [6.07, 6.45) is 4.36. The van der Waals surface area contributed by atoms with Gasteiger partial charge in [0, 0.05) is 12.2 Å². The fraction of sp³-hybridized carbons (Fsp3) is 0.531. The number of alkyl carbamates (subject to hydrolysis) is 1. The number of unbranched alkanes of at least 4 members (excludes halogenated alkanes) is 2. The molecule has 3 amide bonds. The van der Waals surface area contributed by atoms with Gasteiger partial charge in [0.25, 0.3) is 5.91 Å². The predicted octanol–water partition coefficient (Wildman–Crippen LogP) is 6.96. The molecule has 0 aliphatic heterocycles. The molecular weight excluding hydrogens is 522 g/mol. The number of para-hydroxylation sites is 1. The maximum atomic E-state index is 14.4. The Bertz CT molecular complexity index is 1120. The molecule has 7 nitrogen and oxygen atoms in total. The molecule has 0 aromatic heterocycles. The Morgan fingerprint density at radius 3 is 2.15 bits per heavy atom. The molecule has 0 aliphatic rings. The van der Waals surface area contributed by atoms with Gasteiger partial charge in [-0.3, -0.25) is 9.59 Å². The number of carbonyl (C=O) groups excluding carboxylic acids is 3. The van der Waals surface area contributed by atoms with Crippen molar-refractivity contribution in [2.24, 2.45) is 0 Å². The highest BCUT2D eigenvalue weighted by Crippen LogP contribution is 2.31. The van der Waals surface area contributed by atoms with Crippen LogP contribution in [0.5, 0.6) is 0 Å². The maximum Gasteiger partial charge on any atom is 0.408 e. The number of aryl methyl sites for hydroxylation is 3. The van der Waals surface area contributed by atoms with Crippen LogP contribution in [0.3, 0.4) is 0 Å². The summed E-state index contributed by atoms with van der Waals surface area (Å²) in [5.41, 5.74) is 3.60. The molecule has 8 heteroatoms. The van der Waals surface area contributed by atoms with Crippen LogP contribution in [-0.4, -0.2) is 53.0 Å². The van der Waals surface area contributed by atoms with Crippen LogP contribution in [0.15, 0.2) is 42.5 Å². The summed E-state index contributed by atoms with van der Waals surface area (Å²) in [5.74, 6) is 0.0967. The monoisotopic (exact) mass is 569 g/mol. The van der Waals surface area contributed by atoms with Gasteiger partial charge in [-0.25, -0.2) is 4.79 Å². The Morgan fingerprint density at radius 1 is 0.950 bits per heavy atom. The van der Waals surface area contributed by atoms with Crippen LogP contribution in [0.4, 0.5) is 10.5 Å². The van der Waals surface area contributed by atoms with E-state index in [9.17, 15) is 14.4 Å². The summed E-state index contributed by atoms with van der Waals surface area (Å²) in [6, 6.07) is 11.8. The third-order valence-corrected chi connectivity index (χ3v) is 7.31. The van der Waals surface area contributed by atoms with Crippen molar-refractivity contribution in [1.29, 1.82) is 0 Å². The number of amides is 3. The van der Waals surface area contributed by atoms with Crippen molar-refractivity contribution in [1.82, 2.24) is 10.2 Å². The van der Waals surface area contributed by atoms with Gasteiger partial charge in [0.2, 0.25) is 5.91 Å². The molecule has 0 aliphatic carbocycles. The quantitative estimate of drug-likeness (QED) is 0.255. The maximum absolute atomic E-state index is 14.4. The molecular formula is C32H47N3O4S. The van der Waals surface area contributed by atoms with Gasteiger partial charge in [-0.15, -0.1) is 0 Å². The highest BCUT2D eigenvalue weighted by Gasteiger charge is 2.37. The molecule has 0 bridgehead atoms. The zero-order chi connectivity index (χ0) is 29.9. The molecule has 0 saturated carbocycles. The van der Waals surface area contributed by atoms with E-state index in [1.807, 2.05) is 69.5 Å². The number of nitrogens with one attached hydrogen (secondary N) is 2. The summed E-state index contributed by atoms with van der Waals surface area (Å²) in [6.45, 7) is 13.7. The molecule has 0 saturated heterocycles. The minimum absolute atomic E-state index is 0.280. The number of nitrogens with zero attached hydrogens (tertiary/aromatic N) is 1. The fourth-order valence-corrected chi connectivity index (χ4v) is 5.11. The van der Waals surface area contributed by atoms with Crippen LogP contribution < -0.4 is 10.6 Å². The minimum atomic E-state index is -0.873. The highest BCUT2D eigenvalue weighted by molar-refractivity contribution is 7.98. The number of rotatable bonds is 13. The molecule has 220 valence electrons. The molecule has 2 N–H and O–H groups in total. The number of ether oxygens (including phenoxy) is 1. The highest BCUT2D eigenvalue weighted by atomic mass is 32.2. The van der Waals surface area contributed by atoms with Gasteiger partial charge in [-0.2, -0.15) is 11.8 Å². The molecule has 0 heterocycles. The molecule has 2 aromatic rings. The lowest BCUT2D eigenvalue weighted by atomic mass is 9.93. The number of anilines is 1. The average molecular weight is 570 g/mol. The fourth-order valence-electron chi connectivity index (χ4n) is 4.64. The van der Waals surface area contributed by atoms with Gasteiger partial charge >= 0.3 is 6.09 Å². The first-order chi connectivity index (χ1) is 18.9. The van der Waals surface area contributed by atoms with Crippen LogP contribution in [0, 0.1) is 20.8 Å². The summed E-state index contributed by atoms with van der Waals surface area (Å²) in [4.78, 5) is 43.0. The summed E-state index contributed by atoms with van der Waals surface area (Å²) < 4.78 is 5.49. The summed E-state index contributed by atoms with van der Waals surface area (Å²) in [7, 11) is 0. The zero-order valence-electron chi connectivity index (χ0n) is 25.4. The number of hydrogen-bond donors (Lipinski definition) is 2. The second-order valence-corrected chi connectivity index (χ2v) is 12.2. The third-order valence-electron chi connectivity index (χ3n) is 6.66. The molecule has 0 spiro atoms. The Morgan fingerprint density at radius 2 is 1.57 bits per heavy atom. The van der Waals surface area contributed by atoms with Crippen LogP contribution in [0.1, 0.15) is 81.7 Å². The molecule has 2 unspecified atom stereocenters. The molecule has 2 atom stereocenters. The first-order valence-corrected chi connectivity index (χ1v) is 15.5. The summed E-state index contributed by atoms with van der Waals surface area (Å²) in [5, 5.41) is 5.91. The van der Waals surface area contributed by atoms with Crippen molar-refractivity contribution < 1.29 is 19.1 Å². The third kappa shape index (κ3) is 9.88. The molecule has 2 rings (SSSR count). The Kier molecular flexibility index (Phi) is 13.0. The van der Waals surface area contributed by atoms with Gasteiger partial charge in [0.15, 0.2) is 0 Å². The topological polar surface area (TPSA) is 87.7 Å². The first-order valence-electron chi connectivity index (χ1n) is 14.1. The summed E-state index contributed by atoms with van der Waals surface area (Å²) >= 11 is 1.60. The second-order valence-electron chi connectivity index (χ2n) is 11.2. The SMILES string of the molecule is CCCCCN(C(=O)C(CCSC)NC(=O)OC(C)(C)C)C(C(=O)Nc1ccccc1C)c1c(C)cccc1C. The van der Waals surface area contributed by atoms with Gasteiger partial charge in [0.05, 0.1) is 0 Å². The Labute approximate surface area is 244 Å². The van der Waals surface area contributed by atoms with E-state index in [2.05, 4.69) is 17.6 Å². The van der Waals surface area contributed by atoms with Crippen molar-refractivity contribution in [2.75, 3.05) is 23.9 Å². The van der Waals surface area contributed by atoms with Crippen molar-refractivity contribution in [3.8, 4) is 0 Å². The van der Waals surface area contributed by atoms with Crippen LogP contribution in [-0.2, 0) is 14.3 Å².